The average molecular weight is 156 g/mol. The topological polar surface area (TPSA) is 37.3 Å². The molecule has 0 aliphatic rings. The summed E-state index contributed by atoms with van der Waals surface area (Å²) in [5.74, 6) is 0. The molecule has 0 heterocycles. The molecule has 1 aromatic carbocycles. The molecular formula is C7H9O2P. The van der Waals surface area contributed by atoms with Crippen molar-refractivity contribution in [1.29, 1.82) is 0 Å². The maximum atomic E-state index is 10.4. The van der Waals surface area contributed by atoms with E-state index < -0.39 is 8.03 Å². The molecule has 0 aliphatic heterocycles. The van der Waals surface area contributed by atoms with Crippen molar-refractivity contribution in [3.63, 3.8) is 0 Å². The van der Waals surface area contributed by atoms with Crippen LogP contribution < -0.4 is 0 Å². The second kappa shape index (κ2) is 3.55. The smallest absolute Gasteiger partial charge is 0.193 e. The Morgan fingerprint density at radius 2 is 1.90 bits per heavy atom. The highest BCUT2D eigenvalue weighted by atomic mass is 31.1. The number of hydrogen-bond donors (Lipinski definition) is 1. The molecule has 0 radical (unpaired) electrons. The van der Waals surface area contributed by atoms with Crippen LogP contribution in [0.5, 0.6) is 0 Å². The second-order valence-electron chi connectivity index (χ2n) is 2.06. The van der Waals surface area contributed by atoms with E-state index in [2.05, 4.69) is 0 Å². The van der Waals surface area contributed by atoms with Crippen LogP contribution in [0.3, 0.4) is 0 Å². The van der Waals surface area contributed by atoms with E-state index in [4.69, 9.17) is 4.89 Å². The summed E-state index contributed by atoms with van der Waals surface area (Å²) in [6.07, 6.45) is 0.297. The van der Waals surface area contributed by atoms with Crippen molar-refractivity contribution in [1.82, 2.24) is 0 Å². The maximum Gasteiger partial charge on any atom is 0.193 e. The lowest BCUT2D eigenvalue weighted by atomic mass is 10.2. The van der Waals surface area contributed by atoms with Crippen LogP contribution in [0.2, 0.25) is 0 Å². The van der Waals surface area contributed by atoms with Gasteiger partial charge in [-0.15, -0.1) is 0 Å². The van der Waals surface area contributed by atoms with Gasteiger partial charge in [0, 0.05) is 6.16 Å². The standard InChI is InChI=1S/C7H9O2P/c8-10(9)6-7-4-2-1-3-5-7/h1-5,10H,6H2,(H,8,9). The number of hydrogen-bond acceptors (Lipinski definition) is 1. The van der Waals surface area contributed by atoms with Gasteiger partial charge >= 0.3 is 0 Å². The summed E-state index contributed by atoms with van der Waals surface area (Å²) in [6, 6.07) is 9.30. The third-order valence-corrected chi connectivity index (χ3v) is 1.91. The van der Waals surface area contributed by atoms with Crippen molar-refractivity contribution < 1.29 is 9.46 Å². The van der Waals surface area contributed by atoms with E-state index in [9.17, 15) is 4.57 Å². The summed E-state index contributed by atoms with van der Waals surface area (Å²) in [5, 5.41) is 0. The van der Waals surface area contributed by atoms with Crippen LogP contribution in [-0.2, 0) is 10.7 Å². The van der Waals surface area contributed by atoms with Gasteiger partial charge in [0.15, 0.2) is 8.03 Å². The van der Waals surface area contributed by atoms with Gasteiger partial charge in [-0.1, -0.05) is 30.3 Å². The van der Waals surface area contributed by atoms with Gasteiger partial charge in [0.05, 0.1) is 0 Å². The fraction of sp³-hybridized carbons (Fsp3) is 0.143. The number of rotatable bonds is 2. The summed E-state index contributed by atoms with van der Waals surface area (Å²) >= 11 is 0. The summed E-state index contributed by atoms with van der Waals surface area (Å²) in [7, 11) is -2.34. The minimum atomic E-state index is -2.34. The molecule has 0 saturated carbocycles. The van der Waals surface area contributed by atoms with Crippen LogP contribution in [0, 0.1) is 0 Å². The fourth-order valence-electron chi connectivity index (χ4n) is 0.770. The largest absolute Gasteiger partial charge is 0.346 e. The molecule has 0 fully saturated rings. The monoisotopic (exact) mass is 156 g/mol. The van der Waals surface area contributed by atoms with Crippen molar-refractivity contribution in [3.8, 4) is 0 Å². The normalized spacial score (nSPS) is 12.9. The first-order chi connectivity index (χ1) is 4.79. The van der Waals surface area contributed by atoms with Crippen LogP contribution >= 0.6 is 8.03 Å². The van der Waals surface area contributed by atoms with Gasteiger partial charge in [0.1, 0.15) is 0 Å². The summed E-state index contributed by atoms with van der Waals surface area (Å²) < 4.78 is 10.4. The van der Waals surface area contributed by atoms with E-state index in [1.807, 2.05) is 30.3 Å². The Bertz CT molecular complexity index is 220. The molecule has 1 rings (SSSR count). The third kappa shape index (κ3) is 2.34. The van der Waals surface area contributed by atoms with E-state index in [0.717, 1.165) is 5.56 Å². The van der Waals surface area contributed by atoms with Gasteiger partial charge in [-0.2, -0.15) is 0 Å². The predicted octanol–water partition coefficient (Wildman–Crippen LogP) is 1.65. The van der Waals surface area contributed by atoms with Crippen LogP contribution in [-0.4, -0.2) is 4.89 Å². The highest BCUT2D eigenvalue weighted by Gasteiger charge is 1.93. The molecule has 1 atom stereocenters. The predicted molar refractivity (Wildman–Crippen MR) is 41.4 cm³/mol. The van der Waals surface area contributed by atoms with Crippen molar-refractivity contribution in [2.75, 3.05) is 0 Å². The van der Waals surface area contributed by atoms with Crippen LogP contribution in [0.4, 0.5) is 0 Å². The first kappa shape index (κ1) is 7.52. The highest BCUT2D eigenvalue weighted by Crippen LogP contribution is 2.20. The Morgan fingerprint density at radius 3 is 2.40 bits per heavy atom. The molecule has 0 spiro atoms. The third-order valence-electron chi connectivity index (χ3n) is 1.20. The first-order valence-corrected chi connectivity index (χ1v) is 4.61. The van der Waals surface area contributed by atoms with E-state index in [1.165, 1.54) is 0 Å². The van der Waals surface area contributed by atoms with Crippen LogP contribution in [0.15, 0.2) is 30.3 Å². The van der Waals surface area contributed by atoms with Crippen LogP contribution in [0.25, 0.3) is 0 Å². The fourth-order valence-corrected chi connectivity index (χ4v) is 1.36. The van der Waals surface area contributed by atoms with E-state index in [1.54, 1.807) is 0 Å². The van der Waals surface area contributed by atoms with Gasteiger partial charge in [0.25, 0.3) is 0 Å². The SMILES string of the molecule is O=[PH](O)Cc1ccccc1. The van der Waals surface area contributed by atoms with Gasteiger partial charge in [-0.25, -0.2) is 0 Å². The zero-order chi connectivity index (χ0) is 7.40. The van der Waals surface area contributed by atoms with Gasteiger partial charge < -0.3 is 4.89 Å². The lowest BCUT2D eigenvalue weighted by Crippen LogP contribution is -1.75. The molecule has 1 N–H and O–H groups in total. The maximum absolute atomic E-state index is 10.4. The Morgan fingerprint density at radius 1 is 1.30 bits per heavy atom. The highest BCUT2D eigenvalue weighted by molar-refractivity contribution is 7.37. The van der Waals surface area contributed by atoms with Crippen molar-refractivity contribution in [2.24, 2.45) is 0 Å². The molecule has 3 heteroatoms. The Balaban J connectivity index is 2.67. The van der Waals surface area contributed by atoms with E-state index in [-0.39, 0.29) is 0 Å². The van der Waals surface area contributed by atoms with Gasteiger partial charge in [0.2, 0.25) is 0 Å². The molecule has 2 nitrogen and oxygen atoms in total. The van der Waals surface area contributed by atoms with Crippen molar-refractivity contribution in [2.45, 2.75) is 6.16 Å². The van der Waals surface area contributed by atoms with Crippen molar-refractivity contribution in [3.05, 3.63) is 35.9 Å². The van der Waals surface area contributed by atoms with E-state index >= 15 is 0 Å². The molecule has 0 aromatic heterocycles. The lowest BCUT2D eigenvalue weighted by Gasteiger charge is -1.93. The Labute approximate surface area is 60.4 Å². The molecule has 0 aliphatic carbocycles. The number of benzene rings is 1. The first-order valence-electron chi connectivity index (χ1n) is 3.05. The van der Waals surface area contributed by atoms with Crippen molar-refractivity contribution >= 4 is 8.03 Å². The molecule has 1 unspecified atom stereocenters. The quantitative estimate of drug-likeness (QED) is 0.661. The summed E-state index contributed by atoms with van der Waals surface area (Å²) in [6.45, 7) is 0. The minimum Gasteiger partial charge on any atom is -0.346 e. The molecule has 0 bridgehead atoms. The molecule has 0 amide bonds. The second-order valence-corrected chi connectivity index (χ2v) is 3.20. The van der Waals surface area contributed by atoms with Gasteiger partial charge in [-0.3, -0.25) is 4.57 Å². The molecular weight excluding hydrogens is 147 g/mol. The average Bonchev–Trinajstić information content (AvgIpc) is 1.88. The zero-order valence-electron chi connectivity index (χ0n) is 5.45. The summed E-state index contributed by atoms with van der Waals surface area (Å²) in [5.41, 5.74) is 0.925. The molecule has 0 saturated heterocycles. The molecule has 54 valence electrons. The lowest BCUT2D eigenvalue weighted by molar-refractivity contribution is 0.502. The Kier molecular flexibility index (Phi) is 2.67. The van der Waals surface area contributed by atoms with Crippen LogP contribution in [0.1, 0.15) is 5.56 Å². The minimum absolute atomic E-state index is 0.297. The molecule has 10 heavy (non-hydrogen) atoms. The van der Waals surface area contributed by atoms with Gasteiger partial charge in [-0.05, 0) is 5.56 Å². The summed E-state index contributed by atoms with van der Waals surface area (Å²) in [4.78, 5) is 8.55. The zero-order valence-corrected chi connectivity index (χ0v) is 6.45. The Hall–Kier alpha value is -0.590. The van der Waals surface area contributed by atoms with E-state index in [0.29, 0.717) is 6.16 Å². The molecule has 1 aromatic rings.